The van der Waals surface area contributed by atoms with Crippen LogP contribution >= 0.6 is 12.4 Å². The van der Waals surface area contributed by atoms with Crippen LogP contribution in [0, 0.1) is 5.41 Å². The molecule has 0 unspecified atom stereocenters. The highest BCUT2D eigenvalue weighted by Crippen LogP contribution is 2.34. The van der Waals surface area contributed by atoms with E-state index >= 15 is 0 Å². The summed E-state index contributed by atoms with van der Waals surface area (Å²) in [5, 5.41) is 7.76. The molecule has 0 spiro atoms. The first kappa shape index (κ1) is 17.3. The van der Waals surface area contributed by atoms with Crippen molar-refractivity contribution in [1.29, 1.82) is 0 Å². The Morgan fingerprint density at radius 2 is 1.77 bits per heavy atom. The van der Waals surface area contributed by atoms with Crippen molar-refractivity contribution in [2.24, 2.45) is 5.41 Å². The van der Waals surface area contributed by atoms with E-state index in [-0.39, 0.29) is 18.3 Å². The van der Waals surface area contributed by atoms with Gasteiger partial charge in [-0.2, -0.15) is 5.10 Å². The lowest BCUT2D eigenvalue weighted by molar-refractivity contribution is -0.145. The van der Waals surface area contributed by atoms with Crippen LogP contribution in [0.5, 0.6) is 0 Å². The summed E-state index contributed by atoms with van der Waals surface area (Å²) < 4.78 is 1.90. The normalized spacial score (nSPS) is 23.6. The fourth-order valence-electron chi connectivity index (χ4n) is 3.51. The summed E-state index contributed by atoms with van der Waals surface area (Å²) in [6.45, 7) is 8.10. The monoisotopic (exact) mass is 326 g/mol. The molecule has 0 radical (unpaired) electrons. The van der Waals surface area contributed by atoms with E-state index in [9.17, 15) is 4.79 Å². The fourth-order valence-corrected chi connectivity index (χ4v) is 3.51. The highest BCUT2D eigenvalue weighted by molar-refractivity contribution is 5.85. The van der Waals surface area contributed by atoms with Crippen LogP contribution in [0.1, 0.15) is 39.5 Å². The predicted molar refractivity (Wildman–Crippen MR) is 89.1 cm³/mol. The van der Waals surface area contributed by atoms with Crippen LogP contribution in [-0.2, 0) is 10.3 Å². The number of nitrogens with zero attached hydrogens (tertiary/aromatic N) is 3. The molecule has 3 heterocycles. The molecule has 2 fully saturated rings. The first-order chi connectivity index (χ1) is 10.0. The number of carbonyl (C=O) groups excluding carboxylic acids is 1. The molecule has 0 aromatic carbocycles. The van der Waals surface area contributed by atoms with Crippen molar-refractivity contribution >= 4 is 18.3 Å². The second-order valence-electron chi connectivity index (χ2n) is 7.19. The third-order valence-electron chi connectivity index (χ3n) is 5.18. The third kappa shape index (κ3) is 3.15. The van der Waals surface area contributed by atoms with Gasteiger partial charge in [0.25, 0.3) is 5.91 Å². The average molecular weight is 327 g/mol. The van der Waals surface area contributed by atoms with E-state index in [1.165, 1.54) is 0 Å². The molecule has 0 aliphatic carbocycles. The molecule has 0 bridgehead atoms. The number of halogens is 1. The van der Waals surface area contributed by atoms with Crippen LogP contribution < -0.4 is 5.32 Å². The van der Waals surface area contributed by atoms with Gasteiger partial charge < -0.3 is 10.2 Å². The molecule has 0 saturated carbocycles. The molecule has 1 aromatic heterocycles. The lowest BCUT2D eigenvalue weighted by Crippen LogP contribution is -2.57. The predicted octanol–water partition coefficient (Wildman–Crippen LogP) is 2.03. The second-order valence-corrected chi connectivity index (χ2v) is 7.19. The van der Waals surface area contributed by atoms with E-state index in [0.29, 0.717) is 5.41 Å². The Labute approximate surface area is 138 Å². The number of amides is 1. The summed E-state index contributed by atoms with van der Waals surface area (Å²) in [7, 11) is 0. The maximum atomic E-state index is 13.2. The quantitative estimate of drug-likeness (QED) is 0.904. The summed E-state index contributed by atoms with van der Waals surface area (Å²) in [5.74, 6) is 0.267. The molecule has 5 nitrogen and oxygen atoms in total. The molecule has 6 heteroatoms. The van der Waals surface area contributed by atoms with Crippen molar-refractivity contribution in [3.05, 3.63) is 18.5 Å². The van der Waals surface area contributed by atoms with Gasteiger partial charge in [0.1, 0.15) is 5.54 Å². The highest BCUT2D eigenvalue weighted by atomic mass is 35.5. The summed E-state index contributed by atoms with van der Waals surface area (Å²) in [6, 6.07) is 1.91. The fraction of sp³-hybridized carbons (Fsp3) is 0.750. The summed E-state index contributed by atoms with van der Waals surface area (Å²) in [5.41, 5.74) is -0.111. The largest absolute Gasteiger partial charge is 0.341 e. The van der Waals surface area contributed by atoms with E-state index < -0.39 is 5.54 Å². The lowest BCUT2D eigenvalue weighted by Gasteiger charge is -2.44. The minimum absolute atomic E-state index is 0. The molecule has 1 aromatic rings. The van der Waals surface area contributed by atoms with Crippen LogP contribution in [-0.4, -0.2) is 46.8 Å². The van der Waals surface area contributed by atoms with Crippen molar-refractivity contribution in [2.75, 3.05) is 26.2 Å². The first-order valence-corrected chi connectivity index (χ1v) is 8.04. The molecule has 0 atom stereocenters. The first-order valence-electron chi connectivity index (χ1n) is 8.04. The van der Waals surface area contributed by atoms with Gasteiger partial charge in [0.2, 0.25) is 0 Å². The Hall–Kier alpha value is -1.07. The SMILES string of the molecule is CC1(C)CCN(C(=O)C2(n3cccn3)CCNCC2)CC1.Cl. The maximum absolute atomic E-state index is 13.2. The molecule has 124 valence electrons. The number of hydrogen-bond donors (Lipinski definition) is 1. The van der Waals surface area contributed by atoms with Crippen molar-refractivity contribution in [1.82, 2.24) is 20.0 Å². The Balaban J connectivity index is 0.00000176. The van der Waals surface area contributed by atoms with E-state index in [1.54, 1.807) is 6.20 Å². The van der Waals surface area contributed by atoms with Crippen LogP contribution in [0.15, 0.2) is 18.5 Å². The van der Waals surface area contributed by atoms with Gasteiger partial charge in [-0.25, -0.2) is 0 Å². The van der Waals surface area contributed by atoms with Crippen LogP contribution in [0.3, 0.4) is 0 Å². The van der Waals surface area contributed by atoms with Gasteiger partial charge in [-0.1, -0.05) is 13.8 Å². The van der Waals surface area contributed by atoms with Crippen molar-refractivity contribution in [2.45, 2.75) is 45.1 Å². The molecule has 2 saturated heterocycles. The summed E-state index contributed by atoms with van der Waals surface area (Å²) in [6.07, 6.45) is 7.55. The van der Waals surface area contributed by atoms with Crippen LogP contribution in [0.25, 0.3) is 0 Å². The molecular formula is C16H27ClN4O. The Morgan fingerprint density at radius 1 is 1.14 bits per heavy atom. The number of likely N-dealkylation sites (tertiary alicyclic amines) is 1. The van der Waals surface area contributed by atoms with E-state index in [0.717, 1.165) is 51.9 Å². The maximum Gasteiger partial charge on any atom is 0.250 e. The third-order valence-corrected chi connectivity index (χ3v) is 5.18. The average Bonchev–Trinajstić information content (AvgIpc) is 3.02. The zero-order valence-electron chi connectivity index (χ0n) is 13.5. The Morgan fingerprint density at radius 3 is 2.32 bits per heavy atom. The number of aromatic nitrogens is 2. The zero-order valence-corrected chi connectivity index (χ0v) is 14.4. The molecule has 2 aliphatic rings. The number of piperidine rings is 2. The topological polar surface area (TPSA) is 50.2 Å². The van der Waals surface area contributed by atoms with Gasteiger partial charge in [0.05, 0.1) is 0 Å². The minimum atomic E-state index is -0.476. The standard InChI is InChI=1S/C16H26N4O.ClH/c1-15(2)6-12-19(13-7-15)14(21)16(4-9-17-10-5-16)20-11-3-8-18-20;/h3,8,11,17H,4-7,9-10,12-13H2,1-2H3;1H. The van der Waals surface area contributed by atoms with Gasteiger partial charge in [0, 0.05) is 25.5 Å². The van der Waals surface area contributed by atoms with Crippen molar-refractivity contribution < 1.29 is 4.79 Å². The van der Waals surface area contributed by atoms with E-state index in [4.69, 9.17) is 0 Å². The number of carbonyl (C=O) groups is 1. The number of nitrogens with one attached hydrogen (secondary N) is 1. The second kappa shape index (κ2) is 6.59. The van der Waals surface area contributed by atoms with Crippen LogP contribution in [0.2, 0.25) is 0 Å². The number of rotatable bonds is 2. The molecule has 2 aliphatic heterocycles. The van der Waals surface area contributed by atoms with Crippen LogP contribution in [0.4, 0.5) is 0 Å². The Kier molecular flexibility index (Phi) is 5.17. The van der Waals surface area contributed by atoms with Gasteiger partial charge in [-0.15, -0.1) is 12.4 Å². The smallest absolute Gasteiger partial charge is 0.250 e. The number of hydrogen-bond acceptors (Lipinski definition) is 3. The van der Waals surface area contributed by atoms with E-state index in [2.05, 4.69) is 29.2 Å². The molecule has 3 rings (SSSR count). The minimum Gasteiger partial charge on any atom is -0.341 e. The van der Waals surface area contributed by atoms with Gasteiger partial charge in [0.15, 0.2) is 0 Å². The Bertz CT molecular complexity index is 484. The molecule has 1 N–H and O–H groups in total. The van der Waals surface area contributed by atoms with Crippen molar-refractivity contribution in [3.63, 3.8) is 0 Å². The molecule has 1 amide bonds. The van der Waals surface area contributed by atoms with E-state index in [1.807, 2.05) is 16.9 Å². The summed E-state index contributed by atoms with van der Waals surface area (Å²) >= 11 is 0. The zero-order chi connectivity index (χ0) is 14.9. The van der Waals surface area contributed by atoms with Gasteiger partial charge in [-0.05, 0) is 50.3 Å². The van der Waals surface area contributed by atoms with Gasteiger partial charge in [-0.3, -0.25) is 9.48 Å². The summed E-state index contributed by atoms with van der Waals surface area (Å²) in [4.78, 5) is 15.3. The molecule has 22 heavy (non-hydrogen) atoms. The van der Waals surface area contributed by atoms with Crippen molar-refractivity contribution in [3.8, 4) is 0 Å². The van der Waals surface area contributed by atoms with Gasteiger partial charge >= 0.3 is 0 Å². The highest BCUT2D eigenvalue weighted by Gasteiger charge is 2.45. The lowest BCUT2D eigenvalue weighted by atomic mass is 9.81. The molecular weight excluding hydrogens is 300 g/mol.